The highest BCUT2D eigenvalue weighted by Crippen LogP contribution is 2.08. The Kier molecular flexibility index (Phi) is 4.46. The third-order valence-electron chi connectivity index (χ3n) is 3.44. The summed E-state index contributed by atoms with van der Waals surface area (Å²) in [5.74, 6) is 1.34. The van der Waals surface area contributed by atoms with Crippen LogP contribution >= 0.6 is 0 Å². The van der Waals surface area contributed by atoms with Crippen molar-refractivity contribution >= 4 is 5.91 Å². The van der Waals surface area contributed by atoms with Crippen molar-refractivity contribution in [1.82, 2.24) is 25.1 Å². The summed E-state index contributed by atoms with van der Waals surface area (Å²) in [5, 5.41) is 6.98. The van der Waals surface area contributed by atoms with Crippen molar-refractivity contribution in [2.24, 2.45) is 0 Å². The second-order valence-corrected chi connectivity index (χ2v) is 5.24. The molecule has 1 amide bonds. The van der Waals surface area contributed by atoms with Crippen molar-refractivity contribution in [2.75, 3.05) is 0 Å². The van der Waals surface area contributed by atoms with Crippen LogP contribution in [0.5, 0.6) is 0 Å². The fourth-order valence-electron chi connectivity index (χ4n) is 2.20. The molecule has 3 rings (SSSR count). The van der Waals surface area contributed by atoms with Gasteiger partial charge in [0.05, 0.1) is 6.26 Å². The van der Waals surface area contributed by atoms with Crippen LogP contribution in [0.4, 0.5) is 0 Å². The predicted octanol–water partition coefficient (Wildman–Crippen LogP) is 2.01. The molecule has 23 heavy (non-hydrogen) atoms. The van der Waals surface area contributed by atoms with E-state index in [2.05, 4.69) is 20.4 Å². The average molecular weight is 311 g/mol. The molecule has 0 aliphatic carbocycles. The standard InChI is InChI=1S/C16H17N5O2/c1-12(4-5-14-3-2-8-23-14)20-16(22)13-6-7-18-15(9-13)21-11-17-10-19-21/h2-3,6-12H,4-5H2,1H3,(H,20,22)/t12-/m0/s1. The molecule has 0 spiro atoms. The second-order valence-electron chi connectivity index (χ2n) is 5.24. The van der Waals surface area contributed by atoms with Crippen LogP contribution in [0.3, 0.4) is 0 Å². The lowest BCUT2D eigenvalue weighted by Gasteiger charge is -2.13. The smallest absolute Gasteiger partial charge is 0.251 e. The first-order chi connectivity index (χ1) is 11.2. The normalized spacial score (nSPS) is 12.0. The van der Waals surface area contributed by atoms with Gasteiger partial charge in [-0.25, -0.2) is 14.6 Å². The quantitative estimate of drug-likeness (QED) is 0.752. The molecule has 3 aromatic rings. The second kappa shape index (κ2) is 6.87. The summed E-state index contributed by atoms with van der Waals surface area (Å²) in [5.41, 5.74) is 0.537. The number of rotatable bonds is 6. The van der Waals surface area contributed by atoms with Gasteiger partial charge in [-0.05, 0) is 37.6 Å². The minimum atomic E-state index is -0.138. The zero-order chi connectivity index (χ0) is 16.1. The Morgan fingerprint density at radius 1 is 1.43 bits per heavy atom. The summed E-state index contributed by atoms with van der Waals surface area (Å²) in [6.07, 6.45) is 7.79. The Balaban J connectivity index is 1.60. The van der Waals surface area contributed by atoms with Crippen LogP contribution in [0.25, 0.3) is 5.82 Å². The molecule has 0 saturated heterocycles. The molecule has 1 N–H and O–H groups in total. The average Bonchev–Trinajstić information content (AvgIpc) is 3.26. The number of amides is 1. The van der Waals surface area contributed by atoms with Gasteiger partial charge < -0.3 is 9.73 Å². The minimum absolute atomic E-state index is 0.0376. The van der Waals surface area contributed by atoms with Crippen LogP contribution in [0.2, 0.25) is 0 Å². The van der Waals surface area contributed by atoms with Gasteiger partial charge in [-0.15, -0.1) is 0 Å². The van der Waals surface area contributed by atoms with Gasteiger partial charge >= 0.3 is 0 Å². The highest BCUT2D eigenvalue weighted by atomic mass is 16.3. The highest BCUT2D eigenvalue weighted by molar-refractivity contribution is 5.94. The van der Waals surface area contributed by atoms with Crippen LogP contribution in [-0.4, -0.2) is 31.7 Å². The van der Waals surface area contributed by atoms with Gasteiger partial charge in [-0.1, -0.05) is 0 Å². The number of carbonyl (C=O) groups is 1. The summed E-state index contributed by atoms with van der Waals surface area (Å²) in [4.78, 5) is 20.4. The molecular weight excluding hydrogens is 294 g/mol. The van der Waals surface area contributed by atoms with E-state index in [1.54, 1.807) is 24.6 Å². The fraction of sp³-hybridized carbons (Fsp3) is 0.250. The van der Waals surface area contributed by atoms with E-state index in [9.17, 15) is 4.79 Å². The molecule has 0 aliphatic heterocycles. The molecule has 0 saturated carbocycles. The summed E-state index contributed by atoms with van der Waals surface area (Å²) >= 11 is 0. The molecule has 0 unspecified atom stereocenters. The first kappa shape index (κ1) is 15.0. The number of hydrogen-bond donors (Lipinski definition) is 1. The van der Waals surface area contributed by atoms with Crippen molar-refractivity contribution in [2.45, 2.75) is 25.8 Å². The number of aromatic nitrogens is 4. The summed E-state index contributed by atoms with van der Waals surface area (Å²) in [7, 11) is 0. The summed E-state index contributed by atoms with van der Waals surface area (Å²) in [6.45, 7) is 1.97. The zero-order valence-corrected chi connectivity index (χ0v) is 12.7. The monoisotopic (exact) mass is 311 g/mol. The van der Waals surface area contributed by atoms with Gasteiger partial charge in [0, 0.05) is 24.2 Å². The Bertz CT molecular complexity index is 753. The van der Waals surface area contributed by atoms with Gasteiger partial charge in [-0.2, -0.15) is 5.10 Å². The number of pyridine rings is 1. The Labute approximate surface area is 133 Å². The largest absolute Gasteiger partial charge is 0.469 e. The maximum Gasteiger partial charge on any atom is 0.251 e. The molecule has 7 nitrogen and oxygen atoms in total. The van der Waals surface area contributed by atoms with Gasteiger partial charge in [0.1, 0.15) is 18.4 Å². The van der Waals surface area contributed by atoms with Crippen LogP contribution in [0.15, 0.2) is 53.8 Å². The maximum atomic E-state index is 12.3. The molecule has 3 aromatic heterocycles. The molecule has 7 heteroatoms. The Morgan fingerprint density at radius 3 is 3.09 bits per heavy atom. The fourth-order valence-corrected chi connectivity index (χ4v) is 2.20. The molecule has 1 atom stereocenters. The molecule has 0 fully saturated rings. The molecule has 0 radical (unpaired) electrons. The number of carbonyl (C=O) groups excluding carboxylic acids is 1. The van der Waals surface area contributed by atoms with E-state index >= 15 is 0 Å². The van der Waals surface area contributed by atoms with Crippen LogP contribution < -0.4 is 5.32 Å². The highest BCUT2D eigenvalue weighted by Gasteiger charge is 2.12. The third kappa shape index (κ3) is 3.82. The Morgan fingerprint density at radius 2 is 2.35 bits per heavy atom. The van der Waals surface area contributed by atoms with E-state index in [1.165, 1.54) is 17.3 Å². The van der Waals surface area contributed by atoms with E-state index in [4.69, 9.17) is 4.42 Å². The molecule has 0 aliphatic rings. The lowest BCUT2D eigenvalue weighted by atomic mass is 10.1. The van der Waals surface area contributed by atoms with Crippen molar-refractivity contribution in [3.05, 3.63) is 60.7 Å². The lowest BCUT2D eigenvalue weighted by molar-refractivity contribution is 0.0938. The number of aryl methyl sites for hydroxylation is 1. The van der Waals surface area contributed by atoms with Gasteiger partial charge in [0.15, 0.2) is 5.82 Å². The van der Waals surface area contributed by atoms with Gasteiger partial charge in [-0.3, -0.25) is 4.79 Å². The topological polar surface area (TPSA) is 85.8 Å². The minimum Gasteiger partial charge on any atom is -0.469 e. The number of nitrogens with zero attached hydrogens (tertiary/aromatic N) is 4. The zero-order valence-electron chi connectivity index (χ0n) is 12.7. The van der Waals surface area contributed by atoms with Crippen LogP contribution in [0.1, 0.15) is 29.5 Å². The number of nitrogens with one attached hydrogen (secondary N) is 1. The molecule has 3 heterocycles. The third-order valence-corrected chi connectivity index (χ3v) is 3.44. The number of hydrogen-bond acceptors (Lipinski definition) is 5. The summed E-state index contributed by atoms with van der Waals surface area (Å²) < 4.78 is 6.81. The van der Waals surface area contributed by atoms with Crippen LogP contribution in [0, 0.1) is 0 Å². The molecular formula is C16H17N5O2. The van der Waals surface area contributed by atoms with E-state index in [1.807, 2.05) is 19.1 Å². The van der Waals surface area contributed by atoms with Crippen LogP contribution in [-0.2, 0) is 6.42 Å². The first-order valence-corrected chi connectivity index (χ1v) is 7.36. The number of furan rings is 1. The molecule has 118 valence electrons. The van der Waals surface area contributed by atoms with E-state index in [0.29, 0.717) is 11.4 Å². The Hall–Kier alpha value is -2.96. The van der Waals surface area contributed by atoms with E-state index in [-0.39, 0.29) is 11.9 Å². The van der Waals surface area contributed by atoms with Gasteiger partial charge in [0.25, 0.3) is 5.91 Å². The summed E-state index contributed by atoms with van der Waals surface area (Å²) in [6, 6.07) is 7.19. The van der Waals surface area contributed by atoms with Gasteiger partial charge in [0.2, 0.25) is 0 Å². The SMILES string of the molecule is C[C@@H](CCc1ccco1)NC(=O)c1ccnc(-n2cncn2)c1. The molecule has 0 aromatic carbocycles. The maximum absolute atomic E-state index is 12.3. The lowest BCUT2D eigenvalue weighted by Crippen LogP contribution is -2.33. The van der Waals surface area contributed by atoms with Crippen molar-refractivity contribution in [1.29, 1.82) is 0 Å². The van der Waals surface area contributed by atoms with Crippen molar-refractivity contribution < 1.29 is 9.21 Å². The van der Waals surface area contributed by atoms with Crippen molar-refractivity contribution in [3.8, 4) is 5.82 Å². The first-order valence-electron chi connectivity index (χ1n) is 7.36. The van der Waals surface area contributed by atoms with Crippen molar-refractivity contribution in [3.63, 3.8) is 0 Å². The molecule has 0 bridgehead atoms. The van der Waals surface area contributed by atoms with E-state index < -0.39 is 0 Å². The van der Waals surface area contributed by atoms with E-state index in [0.717, 1.165) is 18.6 Å². The predicted molar refractivity (Wildman–Crippen MR) is 83.1 cm³/mol.